The lowest BCUT2D eigenvalue weighted by atomic mass is 10.2. The molecule has 0 radical (unpaired) electrons. The fourth-order valence-corrected chi connectivity index (χ4v) is 2.31. The number of carbonyl (C=O) groups is 1. The van der Waals surface area contributed by atoms with E-state index in [2.05, 4.69) is 31.3 Å². The van der Waals surface area contributed by atoms with Crippen LogP contribution in [0, 0.1) is 0 Å². The highest BCUT2D eigenvalue weighted by atomic mass is 79.9. The van der Waals surface area contributed by atoms with Crippen molar-refractivity contribution in [3.8, 4) is 5.82 Å². The SMILES string of the molecule is O=C(Nc1ccc(-n2cccn2)nc1)c1ccccc1Br. The quantitative estimate of drug-likeness (QED) is 0.794. The van der Waals surface area contributed by atoms with Crippen LogP contribution < -0.4 is 5.32 Å². The maximum absolute atomic E-state index is 12.2. The Kier molecular flexibility index (Phi) is 3.79. The number of aromatic nitrogens is 3. The van der Waals surface area contributed by atoms with Crippen LogP contribution in [0.3, 0.4) is 0 Å². The molecule has 0 aliphatic carbocycles. The molecule has 0 aliphatic rings. The van der Waals surface area contributed by atoms with Gasteiger partial charge in [0.2, 0.25) is 0 Å². The highest BCUT2D eigenvalue weighted by Crippen LogP contribution is 2.18. The smallest absolute Gasteiger partial charge is 0.256 e. The summed E-state index contributed by atoms with van der Waals surface area (Å²) in [6, 6.07) is 12.7. The van der Waals surface area contributed by atoms with Crippen LogP contribution in [0.4, 0.5) is 5.69 Å². The third-order valence-electron chi connectivity index (χ3n) is 2.86. The molecule has 21 heavy (non-hydrogen) atoms. The number of rotatable bonds is 3. The number of anilines is 1. The van der Waals surface area contributed by atoms with Crippen LogP contribution >= 0.6 is 15.9 Å². The Labute approximate surface area is 129 Å². The van der Waals surface area contributed by atoms with Gasteiger partial charge < -0.3 is 5.32 Å². The van der Waals surface area contributed by atoms with E-state index in [0.717, 1.165) is 4.47 Å². The fraction of sp³-hybridized carbons (Fsp3) is 0. The number of nitrogens with one attached hydrogen (secondary N) is 1. The molecule has 3 rings (SSSR count). The van der Waals surface area contributed by atoms with Gasteiger partial charge in [-0.1, -0.05) is 12.1 Å². The molecule has 1 amide bonds. The molecule has 0 bridgehead atoms. The van der Waals surface area contributed by atoms with Gasteiger partial charge >= 0.3 is 0 Å². The minimum atomic E-state index is -0.184. The highest BCUT2D eigenvalue weighted by molar-refractivity contribution is 9.10. The average molecular weight is 343 g/mol. The highest BCUT2D eigenvalue weighted by Gasteiger charge is 2.09. The van der Waals surface area contributed by atoms with Crippen LogP contribution in [0.2, 0.25) is 0 Å². The third-order valence-corrected chi connectivity index (χ3v) is 3.55. The Morgan fingerprint density at radius 3 is 2.67 bits per heavy atom. The predicted molar refractivity (Wildman–Crippen MR) is 83.5 cm³/mol. The number of amides is 1. The molecule has 0 spiro atoms. The van der Waals surface area contributed by atoms with Crippen LogP contribution in [0.1, 0.15) is 10.4 Å². The van der Waals surface area contributed by atoms with Crippen LogP contribution in [-0.2, 0) is 0 Å². The Morgan fingerprint density at radius 2 is 2.00 bits per heavy atom. The minimum absolute atomic E-state index is 0.184. The van der Waals surface area contributed by atoms with Crippen molar-refractivity contribution < 1.29 is 4.79 Å². The van der Waals surface area contributed by atoms with Crippen molar-refractivity contribution in [3.05, 3.63) is 71.1 Å². The molecular weight excluding hydrogens is 332 g/mol. The van der Waals surface area contributed by atoms with Gasteiger partial charge in [0.05, 0.1) is 17.4 Å². The Hall–Kier alpha value is -2.47. The van der Waals surface area contributed by atoms with Gasteiger partial charge in [-0.2, -0.15) is 5.10 Å². The zero-order valence-electron chi connectivity index (χ0n) is 10.9. The Morgan fingerprint density at radius 1 is 1.14 bits per heavy atom. The van der Waals surface area contributed by atoms with Gasteiger partial charge in [-0.25, -0.2) is 9.67 Å². The lowest BCUT2D eigenvalue weighted by Crippen LogP contribution is -2.12. The van der Waals surface area contributed by atoms with Crippen molar-refractivity contribution in [1.82, 2.24) is 14.8 Å². The zero-order valence-corrected chi connectivity index (χ0v) is 12.5. The van der Waals surface area contributed by atoms with Crippen LogP contribution in [0.15, 0.2) is 65.5 Å². The molecule has 0 aliphatic heterocycles. The largest absolute Gasteiger partial charge is 0.321 e. The minimum Gasteiger partial charge on any atom is -0.321 e. The number of carbonyl (C=O) groups excluding carboxylic acids is 1. The molecule has 104 valence electrons. The molecule has 1 N–H and O–H groups in total. The summed E-state index contributed by atoms with van der Waals surface area (Å²) >= 11 is 3.36. The van der Waals surface area contributed by atoms with Crippen molar-refractivity contribution in [2.24, 2.45) is 0 Å². The molecule has 5 nitrogen and oxygen atoms in total. The molecule has 0 unspecified atom stereocenters. The summed E-state index contributed by atoms with van der Waals surface area (Å²) in [6.07, 6.45) is 5.09. The van der Waals surface area contributed by atoms with E-state index in [9.17, 15) is 4.79 Å². The van der Waals surface area contributed by atoms with E-state index in [1.165, 1.54) is 0 Å². The van der Waals surface area contributed by atoms with E-state index in [0.29, 0.717) is 17.1 Å². The summed E-state index contributed by atoms with van der Waals surface area (Å²) < 4.78 is 2.41. The van der Waals surface area contributed by atoms with Crippen molar-refractivity contribution >= 4 is 27.5 Å². The van der Waals surface area contributed by atoms with E-state index in [1.807, 2.05) is 30.5 Å². The van der Waals surface area contributed by atoms with Crippen molar-refractivity contribution in [1.29, 1.82) is 0 Å². The molecule has 2 aromatic heterocycles. The maximum atomic E-state index is 12.2. The van der Waals surface area contributed by atoms with Crippen LogP contribution in [0.25, 0.3) is 5.82 Å². The second-order valence-electron chi connectivity index (χ2n) is 4.29. The van der Waals surface area contributed by atoms with Gasteiger partial charge in [0.1, 0.15) is 0 Å². The Bertz CT molecular complexity index is 754. The number of benzene rings is 1. The molecule has 0 saturated carbocycles. The summed E-state index contributed by atoms with van der Waals surface area (Å²) in [5, 5.41) is 6.91. The van der Waals surface area contributed by atoms with Gasteiger partial charge in [0.25, 0.3) is 5.91 Å². The number of hydrogen-bond donors (Lipinski definition) is 1. The van der Waals surface area contributed by atoms with Crippen molar-refractivity contribution in [2.75, 3.05) is 5.32 Å². The number of pyridine rings is 1. The Balaban J connectivity index is 1.77. The van der Waals surface area contributed by atoms with Crippen molar-refractivity contribution in [2.45, 2.75) is 0 Å². The second-order valence-corrected chi connectivity index (χ2v) is 5.14. The first-order chi connectivity index (χ1) is 10.2. The van der Waals surface area contributed by atoms with Gasteiger partial charge in [-0.05, 0) is 46.3 Å². The van der Waals surface area contributed by atoms with Gasteiger partial charge in [0, 0.05) is 16.9 Å². The summed E-state index contributed by atoms with van der Waals surface area (Å²) in [5.41, 5.74) is 1.21. The van der Waals surface area contributed by atoms with E-state index in [-0.39, 0.29) is 5.91 Å². The van der Waals surface area contributed by atoms with Gasteiger partial charge in [-0.3, -0.25) is 4.79 Å². The van der Waals surface area contributed by atoms with Crippen LogP contribution in [0.5, 0.6) is 0 Å². The third kappa shape index (κ3) is 3.00. The fourth-order valence-electron chi connectivity index (χ4n) is 1.84. The molecule has 6 heteroatoms. The van der Waals surface area contributed by atoms with E-state index in [1.54, 1.807) is 35.3 Å². The molecular formula is C15H11BrN4O. The second kappa shape index (κ2) is 5.88. The zero-order chi connectivity index (χ0) is 14.7. The molecule has 0 atom stereocenters. The first kappa shape index (κ1) is 13.5. The van der Waals surface area contributed by atoms with E-state index < -0.39 is 0 Å². The van der Waals surface area contributed by atoms with E-state index >= 15 is 0 Å². The van der Waals surface area contributed by atoms with Gasteiger partial charge in [-0.15, -0.1) is 0 Å². The summed E-state index contributed by atoms with van der Waals surface area (Å²) in [5.74, 6) is 0.509. The monoisotopic (exact) mass is 342 g/mol. The number of halogens is 1. The van der Waals surface area contributed by atoms with Gasteiger partial charge in [0.15, 0.2) is 5.82 Å². The average Bonchev–Trinajstić information content (AvgIpc) is 3.02. The van der Waals surface area contributed by atoms with Crippen LogP contribution in [-0.4, -0.2) is 20.7 Å². The standard InChI is InChI=1S/C15H11BrN4O/c16-13-5-2-1-4-12(13)15(21)19-11-6-7-14(17-10-11)20-9-3-8-18-20/h1-10H,(H,19,21). The summed E-state index contributed by atoms with van der Waals surface area (Å²) in [4.78, 5) is 16.4. The topological polar surface area (TPSA) is 59.8 Å². The molecule has 1 aromatic carbocycles. The molecule has 2 heterocycles. The lowest BCUT2D eigenvalue weighted by molar-refractivity contribution is 0.102. The first-order valence-electron chi connectivity index (χ1n) is 6.26. The molecule has 0 saturated heterocycles. The summed E-state index contributed by atoms with van der Waals surface area (Å²) in [6.45, 7) is 0. The normalized spacial score (nSPS) is 10.3. The molecule has 3 aromatic rings. The van der Waals surface area contributed by atoms with Crippen molar-refractivity contribution in [3.63, 3.8) is 0 Å². The number of nitrogens with zero attached hydrogens (tertiary/aromatic N) is 3. The number of hydrogen-bond acceptors (Lipinski definition) is 3. The predicted octanol–water partition coefficient (Wildman–Crippen LogP) is 3.28. The molecule has 0 fully saturated rings. The summed E-state index contributed by atoms with van der Waals surface area (Å²) in [7, 11) is 0. The maximum Gasteiger partial charge on any atom is 0.256 e. The van der Waals surface area contributed by atoms with E-state index in [4.69, 9.17) is 0 Å². The lowest BCUT2D eigenvalue weighted by Gasteiger charge is -2.07. The first-order valence-corrected chi connectivity index (χ1v) is 7.05.